The average molecular weight is 684 g/mol. The van der Waals surface area contributed by atoms with E-state index in [9.17, 15) is 9.59 Å². The Morgan fingerprint density at radius 1 is 1.15 bits per heavy atom. The van der Waals surface area contributed by atoms with E-state index in [2.05, 4.69) is 4.98 Å². The summed E-state index contributed by atoms with van der Waals surface area (Å²) in [7, 11) is 0. The van der Waals surface area contributed by atoms with Gasteiger partial charge < -0.3 is 20.3 Å². The van der Waals surface area contributed by atoms with Gasteiger partial charge in [0.1, 0.15) is 22.8 Å². The lowest BCUT2D eigenvalue weighted by atomic mass is 10.0. The molecule has 47 heavy (non-hydrogen) atoms. The predicted molar refractivity (Wildman–Crippen MR) is 188 cm³/mol. The van der Waals surface area contributed by atoms with Crippen LogP contribution in [0.2, 0.25) is 5.02 Å². The number of ether oxygens (including phenoxy) is 1. The van der Waals surface area contributed by atoms with Crippen LogP contribution in [0, 0.1) is 19.7 Å². The first-order valence-electron chi connectivity index (χ1n) is 15.6. The molecule has 1 aliphatic heterocycles. The first-order valence-corrected chi connectivity index (χ1v) is 16.5. The standard InChI is InChI=1S/C35H41Cl2FN6O3/c1-18(2)28-30(20(4)12-13-40-28)44-32-23(14-24(37)29(41-32)26-19(3)10-9-11-25(26)38)31(27(39)33(44)45)43-16-21(5)42(17-22(43)15-36)34(46)47-35(6,7)8/h9-14,18,21-22H,15-17,39H2,1-8H3/t21-,22+/m1/s1. The van der Waals surface area contributed by atoms with Crippen molar-refractivity contribution in [1.82, 2.24) is 19.4 Å². The van der Waals surface area contributed by atoms with Crippen molar-refractivity contribution in [2.24, 2.45) is 0 Å². The Hall–Kier alpha value is -3.89. The third-order valence-electron chi connectivity index (χ3n) is 8.43. The molecule has 0 aliphatic carbocycles. The average Bonchev–Trinajstić information content (AvgIpc) is 2.98. The number of carbonyl (C=O) groups is 1. The molecule has 1 saturated heterocycles. The summed E-state index contributed by atoms with van der Waals surface area (Å²) in [6.07, 6.45) is 1.25. The fourth-order valence-corrected chi connectivity index (χ4v) is 6.72. The molecule has 0 spiro atoms. The van der Waals surface area contributed by atoms with Crippen LogP contribution in [0.25, 0.3) is 28.0 Å². The number of rotatable bonds is 5. The van der Waals surface area contributed by atoms with Crippen LogP contribution in [0.4, 0.5) is 20.6 Å². The lowest BCUT2D eigenvalue weighted by molar-refractivity contribution is 0.0132. The molecule has 5 rings (SSSR count). The van der Waals surface area contributed by atoms with Crippen LogP contribution in [-0.2, 0) is 4.74 Å². The van der Waals surface area contributed by atoms with E-state index in [1.807, 2.05) is 59.4 Å². The number of hydrogen-bond acceptors (Lipinski definition) is 7. The Bertz CT molecular complexity index is 1900. The zero-order chi connectivity index (χ0) is 34.5. The molecule has 1 aromatic carbocycles. The molecule has 3 aromatic heterocycles. The summed E-state index contributed by atoms with van der Waals surface area (Å²) < 4.78 is 22.5. The highest BCUT2D eigenvalue weighted by Crippen LogP contribution is 2.40. The first kappa shape index (κ1) is 34.4. The maximum atomic E-state index is 15.4. The maximum Gasteiger partial charge on any atom is 0.410 e. The fraction of sp³-hybridized carbons (Fsp3) is 0.429. The minimum atomic E-state index is -0.675. The number of amides is 1. The number of carbonyl (C=O) groups excluding carboxylic acids is 1. The fourth-order valence-electron chi connectivity index (χ4n) is 6.21. The molecule has 0 unspecified atom stereocenters. The van der Waals surface area contributed by atoms with Gasteiger partial charge in [0.2, 0.25) is 0 Å². The summed E-state index contributed by atoms with van der Waals surface area (Å²) >= 11 is 13.5. The highest BCUT2D eigenvalue weighted by Gasteiger charge is 2.38. The van der Waals surface area contributed by atoms with Gasteiger partial charge in [0.05, 0.1) is 33.8 Å². The molecular weight excluding hydrogens is 642 g/mol. The van der Waals surface area contributed by atoms with Gasteiger partial charge in [-0.05, 0) is 76.8 Å². The summed E-state index contributed by atoms with van der Waals surface area (Å²) in [4.78, 5) is 40.9. The lowest BCUT2D eigenvalue weighted by Crippen LogP contribution is -2.60. The molecule has 0 radical (unpaired) electrons. The van der Waals surface area contributed by atoms with E-state index in [1.54, 1.807) is 36.2 Å². The smallest absolute Gasteiger partial charge is 0.410 e. The van der Waals surface area contributed by atoms with Gasteiger partial charge in [-0.3, -0.25) is 14.3 Å². The van der Waals surface area contributed by atoms with Gasteiger partial charge in [0, 0.05) is 42.2 Å². The lowest BCUT2D eigenvalue weighted by Gasteiger charge is -2.46. The van der Waals surface area contributed by atoms with Crippen molar-refractivity contribution in [3.8, 4) is 16.9 Å². The second kappa shape index (κ2) is 13.0. The molecule has 4 aromatic rings. The number of piperazine rings is 1. The quantitative estimate of drug-likeness (QED) is 0.216. The van der Waals surface area contributed by atoms with Crippen molar-refractivity contribution in [3.05, 3.63) is 74.5 Å². The van der Waals surface area contributed by atoms with Crippen LogP contribution in [0.3, 0.4) is 0 Å². The summed E-state index contributed by atoms with van der Waals surface area (Å²) in [5.41, 5.74) is 9.34. The van der Waals surface area contributed by atoms with Crippen molar-refractivity contribution in [1.29, 1.82) is 0 Å². The number of hydrogen-bond donors (Lipinski definition) is 1. The number of nitrogens with two attached hydrogens (primary N) is 1. The first-order chi connectivity index (χ1) is 22.0. The van der Waals surface area contributed by atoms with Gasteiger partial charge in [-0.25, -0.2) is 14.2 Å². The highest BCUT2D eigenvalue weighted by molar-refractivity contribution is 6.34. The summed E-state index contributed by atoms with van der Waals surface area (Å²) in [5.74, 6) is -0.406. The van der Waals surface area contributed by atoms with Gasteiger partial charge in [0.15, 0.2) is 0 Å². The topological polar surface area (TPSA) is 107 Å². The van der Waals surface area contributed by atoms with Gasteiger partial charge in [-0.1, -0.05) is 37.6 Å². The molecule has 1 aliphatic rings. The van der Waals surface area contributed by atoms with Gasteiger partial charge >= 0.3 is 6.09 Å². The molecule has 2 N–H and O–H groups in total. The van der Waals surface area contributed by atoms with Crippen LogP contribution in [-0.4, -0.2) is 62.2 Å². The second-order valence-electron chi connectivity index (χ2n) is 13.5. The molecule has 250 valence electrons. The summed E-state index contributed by atoms with van der Waals surface area (Å²) in [6, 6.07) is 7.51. The van der Waals surface area contributed by atoms with Gasteiger partial charge in [-0.2, -0.15) is 0 Å². The SMILES string of the molecule is Cc1cccc(F)c1-c1nc2c(cc1Cl)c(N1C[C@@H](C)N(C(=O)OC(C)(C)C)C[C@@H]1CCl)c(N)c(=O)n2-c1c(C)ccnc1C(C)C. The number of aryl methyl sites for hydroxylation is 2. The largest absolute Gasteiger partial charge is 0.444 e. The Labute approximate surface area is 284 Å². The van der Waals surface area contributed by atoms with Crippen molar-refractivity contribution < 1.29 is 13.9 Å². The number of aromatic nitrogens is 3. The predicted octanol–water partition coefficient (Wildman–Crippen LogP) is 7.62. The Morgan fingerprint density at radius 2 is 1.85 bits per heavy atom. The zero-order valence-corrected chi connectivity index (χ0v) is 29.5. The van der Waals surface area contributed by atoms with Crippen molar-refractivity contribution in [3.63, 3.8) is 0 Å². The molecule has 0 bridgehead atoms. The summed E-state index contributed by atoms with van der Waals surface area (Å²) in [6.45, 7) is 15.5. The molecule has 0 saturated carbocycles. The number of nitrogen functional groups attached to an aromatic ring is 1. The van der Waals surface area contributed by atoms with E-state index in [0.29, 0.717) is 34.6 Å². The number of fused-ring (bicyclic) bond motifs is 1. The number of pyridine rings is 3. The maximum absolute atomic E-state index is 15.4. The van der Waals surface area contributed by atoms with Gasteiger partial charge in [0.25, 0.3) is 5.56 Å². The van der Waals surface area contributed by atoms with Crippen LogP contribution in [0.15, 0.2) is 41.3 Å². The molecule has 4 heterocycles. The van der Waals surface area contributed by atoms with E-state index in [0.717, 1.165) is 5.56 Å². The summed E-state index contributed by atoms with van der Waals surface area (Å²) in [5, 5.41) is 0.669. The second-order valence-corrected chi connectivity index (χ2v) is 14.2. The minimum absolute atomic E-state index is 0.0313. The third kappa shape index (κ3) is 6.37. The van der Waals surface area contributed by atoms with E-state index >= 15 is 4.39 Å². The monoisotopic (exact) mass is 682 g/mol. The van der Waals surface area contributed by atoms with Crippen LogP contribution < -0.4 is 16.2 Å². The number of anilines is 2. The van der Waals surface area contributed by atoms with Gasteiger partial charge in [-0.15, -0.1) is 11.6 Å². The molecular formula is C35H41Cl2FN6O3. The molecule has 1 fully saturated rings. The molecule has 9 nitrogen and oxygen atoms in total. The highest BCUT2D eigenvalue weighted by atomic mass is 35.5. The van der Waals surface area contributed by atoms with Crippen LogP contribution >= 0.6 is 23.2 Å². The minimum Gasteiger partial charge on any atom is -0.444 e. The Morgan fingerprint density at radius 3 is 2.47 bits per heavy atom. The number of nitrogens with zero attached hydrogens (tertiary/aromatic N) is 5. The van der Waals surface area contributed by atoms with Crippen molar-refractivity contribution in [2.45, 2.75) is 79.0 Å². The van der Waals surface area contributed by atoms with Crippen LogP contribution in [0.5, 0.6) is 0 Å². The Kier molecular flexibility index (Phi) is 9.50. The molecule has 2 atom stereocenters. The number of halogens is 3. The van der Waals surface area contributed by atoms with E-state index < -0.39 is 29.1 Å². The Balaban J connectivity index is 1.83. The number of benzene rings is 1. The van der Waals surface area contributed by atoms with Crippen LogP contribution in [0.1, 0.15) is 64.3 Å². The number of alkyl halides is 1. The van der Waals surface area contributed by atoms with E-state index in [-0.39, 0.29) is 52.0 Å². The zero-order valence-electron chi connectivity index (χ0n) is 28.0. The van der Waals surface area contributed by atoms with E-state index in [1.165, 1.54) is 10.6 Å². The van der Waals surface area contributed by atoms with Crippen molar-refractivity contribution in [2.75, 3.05) is 29.6 Å². The van der Waals surface area contributed by atoms with E-state index in [4.69, 9.17) is 38.7 Å². The molecule has 12 heteroatoms. The third-order valence-corrected chi connectivity index (χ3v) is 9.07. The van der Waals surface area contributed by atoms with Crippen molar-refractivity contribution >= 4 is 51.7 Å². The molecule has 1 amide bonds. The normalized spacial score (nSPS) is 17.1.